The second-order valence-corrected chi connectivity index (χ2v) is 5.71. The lowest BCUT2D eigenvalue weighted by molar-refractivity contribution is -0.137. The fraction of sp³-hybridized carbons (Fsp3) is 0.562. The average molecular weight is 311 g/mol. The topological polar surface area (TPSA) is 30.3 Å². The largest absolute Gasteiger partial charge is 0.416 e. The maximum Gasteiger partial charge on any atom is 0.416 e. The molecule has 6 heteroatoms. The number of halogens is 3. The van der Waals surface area contributed by atoms with Gasteiger partial charge in [-0.15, -0.1) is 0 Å². The van der Waals surface area contributed by atoms with Crippen molar-refractivity contribution in [1.82, 2.24) is 9.80 Å². The highest BCUT2D eigenvalue weighted by molar-refractivity contribution is 5.30. The van der Waals surface area contributed by atoms with Crippen LogP contribution < -0.4 is 0 Å². The van der Waals surface area contributed by atoms with Crippen LogP contribution in [0, 0.1) is 11.3 Å². The average Bonchev–Trinajstić information content (AvgIpc) is 2.49. The number of piperazine rings is 1. The summed E-state index contributed by atoms with van der Waals surface area (Å²) in [6, 6.07) is 6.94. The van der Waals surface area contributed by atoms with Crippen molar-refractivity contribution in [3.05, 3.63) is 35.4 Å². The first-order valence-electron chi connectivity index (χ1n) is 7.38. The highest BCUT2D eigenvalue weighted by atomic mass is 19.4. The van der Waals surface area contributed by atoms with Gasteiger partial charge in [-0.25, -0.2) is 0 Å². The van der Waals surface area contributed by atoms with Gasteiger partial charge in [-0.3, -0.25) is 4.90 Å². The smallest absolute Gasteiger partial charge is 0.304 e. The highest BCUT2D eigenvalue weighted by Gasteiger charge is 2.33. The normalized spacial score (nSPS) is 22.3. The zero-order valence-electron chi connectivity index (χ0n) is 12.8. The van der Waals surface area contributed by atoms with E-state index in [2.05, 4.69) is 22.8 Å². The molecule has 1 fully saturated rings. The zero-order chi connectivity index (χ0) is 16.3. The zero-order valence-corrected chi connectivity index (χ0v) is 12.8. The van der Waals surface area contributed by atoms with Crippen LogP contribution in [0.1, 0.15) is 30.5 Å². The summed E-state index contributed by atoms with van der Waals surface area (Å²) in [5, 5.41) is 9.51. The Kier molecular flexibility index (Phi) is 5.09. The molecule has 22 heavy (non-hydrogen) atoms. The summed E-state index contributed by atoms with van der Waals surface area (Å²) in [6.07, 6.45) is -3.44. The molecule has 0 aliphatic carbocycles. The van der Waals surface area contributed by atoms with Gasteiger partial charge in [0.2, 0.25) is 0 Å². The van der Waals surface area contributed by atoms with E-state index >= 15 is 0 Å². The van der Waals surface area contributed by atoms with E-state index in [0.29, 0.717) is 5.56 Å². The van der Waals surface area contributed by atoms with Crippen molar-refractivity contribution >= 4 is 0 Å². The minimum Gasteiger partial charge on any atom is -0.304 e. The maximum atomic E-state index is 12.6. The second kappa shape index (κ2) is 6.67. The van der Waals surface area contributed by atoms with E-state index < -0.39 is 17.8 Å². The Morgan fingerprint density at radius 1 is 1.27 bits per heavy atom. The van der Waals surface area contributed by atoms with Gasteiger partial charge in [0.25, 0.3) is 0 Å². The van der Waals surface area contributed by atoms with Crippen molar-refractivity contribution < 1.29 is 13.2 Å². The lowest BCUT2D eigenvalue weighted by Crippen LogP contribution is -2.52. The van der Waals surface area contributed by atoms with Crippen LogP contribution in [-0.4, -0.2) is 42.5 Å². The van der Waals surface area contributed by atoms with Gasteiger partial charge < -0.3 is 4.90 Å². The van der Waals surface area contributed by atoms with E-state index in [0.717, 1.165) is 38.2 Å². The van der Waals surface area contributed by atoms with E-state index in [-0.39, 0.29) is 6.04 Å². The number of rotatable bonds is 3. The molecule has 0 bridgehead atoms. The van der Waals surface area contributed by atoms with E-state index in [9.17, 15) is 18.4 Å². The monoisotopic (exact) mass is 311 g/mol. The van der Waals surface area contributed by atoms with Crippen molar-refractivity contribution in [3.63, 3.8) is 0 Å². The molecular formula is C16H20F3N3. The molecular weight excluding hydrogens is 291 g/mol. The number of likely N-dealkylation sites (N-methyl/N-ethyl adjacent to an activating group) is 1. The van der Waals surface area contributed by atoms with Crippen molar-refractivity contribution in [3.8, 4) is 6.07 Å². The van der Waals surface area contributed by atoms with Crippen molar-refractivity contribution in [2.24, 2.45) is 0 Å². The Morgan fingerprint density at radius 3 is 2.41 bits per heavy atom. The van der Waals surface area contributed by atoms with Gasteiger partial charge in [-0.2, -0.15) is 18.4 Å². The van der Waals surface area contributed by atoms with E-state index in [1.54, 1.807) is 0 Å². The molecule has 0 N–H and O–H groups in total. The molecule has 1 aromatic rings. The second-order valence-electron chi connectivity index (χ2n) is 5.71. The summed E-state index contributed by atoms with van der Waals surface area (Å²) < 4.78 is 37.9. The molecule has 2 atom stereocenters. The molecule has 120 valence electrons. The lowest BCUT2D eigenvalue weighted by Gasteiger charge is -2.42. The van der Waals surface area contributed by atoms with Gasteiger partial charge in [0.1, 0.15) is 6.04 Å². The van der Waals surface area contributed by atoms with Crippen LogP contribution in [0.15, 0.2) is 24.3 Å². The van der Waals surface area contributed by atoms with Gasteiger partial charge in [0.15, 0.2) is 0 Å². The predicted molar refractivity (Wildman–Crippen MR) is 78.1 cm³/mol. The Balaban J connectivity index is 2.23. The minimum atomic E-state index is -4.35. The van der Waals surface area contributed by atoms with Crippen LogP contribution in [0.2, 0.25) is 0 Å². The van der Waals surface area contributed by atoms with Crippen molar-refractivity contribution in [1.29, 1.82) is 5.26 Å². The summed E-state index contributed by atoms with van der Waals surface area (Å²) in [5.74, 6) is 0. The van der Waals surface area contributed by atoms with Gasteiger partial charge in [0.05, 0.1) is 11.6 Å². The van der Waals surface area contributed by atoms with Gasteiger partial charge >= 0.3 is 6.18 Å². The number of hydrogen-bond acceptors (Lipinski definition) is 3. The first-order chi connectivity index (χ1) is 10.4. The van der Waals surface area contributed by atoms with Gasteiger partial charge in [-0.05, 0) is 31.2 Å². The lowest BCUT2D eigenvalue weighted by atomic mass is 10.00. The van der Waals surface area contributed by atoms with Gasteiger partial charge in [-0.1, -0.05) is 19.1 Å². The molecule has 0 amide bonds. The molecule has 0 radical (unpaired) electrons. The minimum absolute atomic E-state index is 0.241. The number of nitrogens with zero attached hydrogens (tertiary/aromatic N) is 3. The van der Waals surface area contributed by atoms with Crippen LogP contribution in [0.3, 0.4) is 0 Å². The summed E-state index contributed by atoms with van der Waals surface area (Å²) in [7, 11) is 2.04. The Morgan fingerprint density at radius 2 is 1.91 bits per heavy atom. The predicted octanol–water partition coefficient (Wildman–Crippen LogP) is 3.30. The van der Waals surface area contributed by atoms with Crippen molar-refractivity contribution in [2.75, 3.05) is 26.7 Å². The molecule has 2 unspecified atom stereocenters. The standard InChI is InChI=1S/C16H20F3N3/c1-3-14-11-21(2)8-9-22(14)15(10-20)12-4-6-13(7-5-12)16(17,18)19/h4-7,14-15H,3,8-9,11H2,1-2H3. The van der Waals surface area contributed by atoms with Crippen LogP contribution in [-0.2, 0) is 6.18 Å². The molecule has 0 spiro atoms. The quantitative estimate of drug-likeness (QED) is 0.858. The van der Waals surface area contributed by atoms with E-state index in [1.165, 1.54) is 12.1 Å². The molecule has 2 rings (SSSR count). The molecule has 1 aromatic carbocycles. The molecule has 0 saturated carbocycles. The fourth-order valence-electron chi connectivity index (χ4n) is 2.92. The first kappa shape index (κ1) is 16.8. The third-order valence-electron chi connectivity index (χ3n) is 4.21. The molecule has 1 saturated heterocycles. The van der Waals surface area contributed by atoms with E-state index in [1.807, 2.05) is 7.05 Å². The van der Waals surface area contributed by atoms with Crippen LogP contribution in [0.4, 0.5) is 13.2 Å². The molecule has 1 heterocycles. The Labute approximate surface area is 128 Å². The third kappa shape index (κ3) is 3.60. The number of nitriles is 1. The van der Waals surface area contributed by atoms with Crippen molar-refractivity contribution in [2.45, 2.75) is 31.6 Å². The summed E-state index contributed by atoms with van der Waals surface area (Å²) >= 11 is 0. The molecule has 1 aliphatic heterocycles. The number of alkyl halides is 3. The Bertz CT molecular complexity index is 533. The highest BCUT2D eigenvalue weighted by Crippen LogP contribution is 2.31. The summed E-state index contributed by atoms with van der Waals surface area (Å²) in [4.78, 5) is 4.31. The first-order valence-corrected chi connectivity index (χ1v) is 7.38. The SMILES string of the molecule is CCC1CN(C)CCN1C(C#N)c1ccc(C(F)(F)F)cc1. The fourth-order valence-corrected chi connectivity index (χ4v) is 2.92. The summed E-state index contributed by atoms with van der Waals surface area (Å²) in [6.45, 7) is 4.54. The number of hydrogen-bond donors (Lipinski definition) is 0. The van der Waals surface area contributed by atoms with Gasteiger partial charge in [0, 0.05) is 25.7 Å². The molecule has 1 aliphatic rings. The van der Waals surface area contributed by atoms with Crippen LogP contribution in [0.25, 0.3) is 0 Å². The molecule has 0 aromatic heterocycles. The van der Waals surface area contributed by atoms with E-state index in [4.69, 9.17) is 0 Å². The summed E-state index contributed by atoms with van der Waals surface area (Å²) in [5.41, 5.74) is -0.0585. The van der Waals surface area contributed by atoms with Crippen LogP contribution in [0.5, 0.6) is 0 Å². The maximum absolute atomic E-state index is 12.6. The molecule has 3 nitrogen and oxygen atoms in total. The Hall–Kier alpha value is -1.58. The van der Waals surface area contributed by atoms with Crippen LogP contribution >= 0.6 is 0 Å². The number of benzene rings is 1. The third-order valence-corrected chi connectivity index (χ3v) is 4.21.